The molecule has 11 rings (SSSR count). The highest BCUT2D eigenvalue weighted by atomic mass is 15.0. The lowest BCUT2D eigenvalue weighted by molar-refractivity contribution is 0.636. The molecule has 53 heavy (non-hydrogen) atoms. The number of fused-ring (bicyclic) bond motifs is 10. The smallest absolute Gasteiger partial charge is 0.160 e. The summed E-state index contributed by atoms with van der Waals surface area (Å²) in [6, 6.07) is 60.9. The predicted molar refractivity (Wildman–Crippen MR) is 219 cm³/mol. The minimum atomic E-state index is -0.245. The van der Waals surface area contributed by atoms with Gasteiger partial charge in [0.1, 0.15) is 0 Å². The maximum atomic E-state index is 5.31. The van der Waals surface area contributed by atoms with Crippen LogP contribution in [0.4, 0.5) is 0 Å². The molecular formula is C49H34N4. The standard InChI is InChI=1S/C49H34N4/c1-49(2)38-22-12-9-19-35(38)45-46(50-48(51-47(45)49)32-15-5-3-6-16-32)31-25-27-34(28-26-31)53-40-24-14-11-21-37(40)44-42(53)30-29-41-43(44)36-20-10-13-23-39(36)52(41)33-17-7-4-8-18-33/h3-30H,1-2H3. The van der Waals surface area contributed by atoms with E-state index in [9.17, 15) is 0 Å². The van der Waals surface area contributed by atoms with Crippen LogP contribution in [0.3, 0.4) is 0 Å². The maximum Gasteiger partial charge on any atom is 0.160 e. The van der Waals surface area contributed by atoms with E-state index in [0.717, 1.165) is 45.3 Å². The van der Waals surface area contributed by atoms with Crippen LogP contribution in [0.25, 0.3) is 88.8 Å². The Hall–Kier alpha value is -6.78. The van der Waals surface area contributed by atoms with E-state index in [-0.39, 0.29) is 5.41 Å². The van der Waals surface area contributed by atoms with Gasteiger partial charge in [-0.05, 0) is 59.7 Å². The van der Waals surface area contributed by atoms with Gasteiger partial charge in [-0.15, -0.1) is 0 Å². The van der Waals surface area contributed by atoms with E-state index in [1.165, 1.54) is 54.7 Å². The average Bonchev–Trinajstić information content (AvgIpc) is 3.81. The summed E-state index contributed by atoms with van der Waals surface area (Å²) in [5.74, 6) is 0.755. The number of nitrogens with zero attached hydrogens (tertiary/aromatic N) is 4. The lowest BCUT2D eigenvalue weighted by atomic mass is 9.85. The molecule has 4 heteroatoms. The second-order valence-corrected chi connectivity index (χ2v) is 14.6. The SMILES string of the molecule is CC1(C)c2ccccc2-c2c(-c3ccc(-n4c5ccccc5c5c6c7ccccc7n(-c7ccccc7)c6ccc54)cc3)nc(-c3ccccc3)nc21. The molecule has 0 saturated heterocycles. The summed E-state index contributed by atoms with van der Waals surface area (Å²) in [6.07, 6.45) is 0. The molecule has 0 unspecified atom stereocenters. The molecule has 10 aromatic rings. The number of hydrogen-bond donors (Lipinski definition) is 0. The molecule has 3 aromatic heterocycles. The largest absolute Gasteiger partial charge is 0.309 e. The number of benzene rings is 7. The van der Waals surface area contributed by atoms with E-state index in [0.29, 0.717) is 0 Å². The number of hydrogen-bond acceptors (Lipinski definition) is 2. The second kappa shape index (κ2) is 11.1. The van der Waals surface area contributed by atoms with E-state index in [4.69, 9.17) is 9.97 Å². The summed E-state index contributed by atoms with van der Waals surface area (Å²) in [5, 5.41) is 5.05. The van der Waals surface area contributed by atoms with Crippen molar-refractivity contribution in [3.63, 3.8) is 0 Å². The summed E-state index contributed by atoms with van der Waals surface area (Å²) >= 11 is 0. The molecule has 0 atom stereocenters. The average molecular weight is 679 g/mol. The number of aromatic nitrogens is 4. The first kappa shape index (κ1) is 29.9. The van der Waals surface area contributed by atoms with Crippen LogP contribution >= 0.6 is 0 Å². The van der Waals surface area contributed by atoms with Gasteiger partial charge < -0.3 is 9.13 Å². The van der Waals surface area contributed by atoms with E-state index in [1.807, 2.05) is 6.07 Å². The van der Waals surface area contributed by atoms with E-state index < -0.39 is 0 Å². The van der Waals surface area contributed by atoms with Crippen LogP contribution in [-0.2, 0) is 5.41 Å². The zero-order chi connectivity index (χ0) is 35.3. The zero-order valence-electron chi connectivity index (χ0n) is 29.5. The van der Waals surface area contributed by atoms with Gasteiger partial charge >= 0.3 is 0 Å². The molecule has 1 aliphatic rings. The lowest BCUT2D eigenvalue weighted by Crippen LogP contribution is -2.17. The van der Waals surface area contributed by atoms with Crippen LogP contribution in [0, 0.1) is 0 Å². The summed E-state index contributed by atoms with van der Waals surface area (Å²) in [6.45, 7) is 4.56. The van der Waals surface area contributed by atoms with Crippen molar-refractivity contribution in [2.45, 2.75) is 19.3 Å². The topological polar surface area (TPSA) is 35.6 Å². The van der Waals surface area contributed by atoms with Crippen LogP contribution in [-0.4, -0.2) is 19.1 Å². The molecule has 3 heterocycles. The molecule has 4 nitrogen and oxygen atoms in total. The Bertz CT molecular complexity index is 3060. The van der Waals surface area contributed by atoms with Crippen molar-refractivity contribution in [1.29, 1.82) is 0 Å². The highest BCUT2D eigenvalue weighted by Gasteiger charge is 2.39. The predicted octanol–water partition coefficient (Wildman–Crippen LogP) is 12.3. The first-order chi connectivity index (χ1) is 26.1. The van der Waals surface area contributed by atoms with Crippen LogP contribution in [0.15, 0.2) is 170 Å². The fourth-order valence-corrected chi connectivity index (χ4v) is 8.89. The van der Waals surface area contributed by atoms with Crippen molar-refractivity contribution in [3.8, 4) is 45.1 Å². The minimum absolute atomic E-state index is 0.245. The molecule has 0 spiro atoms. The molecule has 0 saturated carbocycles. The Morgan fingerprint density at radius 3 is 1.60 bits per heavy atom. The molecule has 1 aliphatic carbocycles. The van der Waals surface area contributed by atoms with Gasteiger partial charge in [0.15, 0.2) is 5.82 Å². The fourth-order valence-electron chi connectivity index (χ4n) is 8.89. The van der Waals surface area contributed by atoms with Gasteiger partial charge in [-0.1, -0.05) is 135 Å². The summed E-state index contributed by atoms with van der Waals surface area (Å²) in [7, 11) is 0. The normalized spacial score (nSPS) is 13.2. The van der Waals surface area contributed by atoms with Crippen molar-refractivity contribution in [1.82, 2.24) is 19.1 Å². The Kier molecular flexibility index (Phi) is 6.27. The van der Waals surface area contributed by atoms with Gasteiger partial charge in [-0.25, -0.2) is 9.97 Å². The second-order valence-electron chi connectivity index (χ2n) is 14.6. The minimum Gasteiger partial charge on any atom is -0.309 e. The molecule has 0 amide bonds. The van der Waals surface area contributed by atoms with Gasteiger partial charge in [-0.3, -0.25) is 0 Å². The third-order valence-corrected chi connectivity index (χ3v) is 11.3. The van der Waals surface area contributed by atoms with Crippen LogP contribution in [0.1, 0.15) is 25.1 Å². The molecular weight excluding hydrogens is 645 g/mol. The van der Waals surface area contributed by atoms with Crippen LogP contribution < -0.4 is 0 Å². The number of para-hydroxylation sites is 3. The van der Waals surface area contributed by atoms with Crippen molar-refractivity contribution >= 4 is 43.6 Å². The molecule has 0 fully saturated rings. The molecule has 7 aromatic carbocycles. The monoisotopic (exact) mass is 678 g/mol. The first-order valence-corrected chi connectivity index (χ1v) is 18.3. The molecule has 0 aliphatic heterocycles. The third-order valence-electron chi connectivity index (χ3n) is 11.3. The molecule has 0 radical (unpaired) electrons. The number of rotatable bonds is 4. The van der Waals surface area contributed by atoms with Gasteiger partial charge in [-0.2, -0.15) is 0 Å². The van der Waals surface area contributed by atoms with Gasteiger partial charge in [0.05, 0.1) is 33.5 Å². The maximum absolute atomic E-state index is 5.31. The van der Waals surface area contributed by atoms with Crippen molar-refractivity contribution in [2.24, 2.45) is 0 Å². The van der Waals surface area contributed by atoms with Gasteiger partial charge in [0.2, 0.25) is 0 Å². The summed E-state index contributed by atoms with van der Waals surface area (Å²) in [4.78, 5) is 10.6. The van der Waals surface area contributed by atoms with Gasteiger partial charge in [0.25, 0.3) is 0 Å². The van der Waals surface area contributed by atoms with Crippen LogP contribution in [0.5, 0.6) is 0 Å². The first-order valence-electron chi connectivity index (χ1n) is 18.3. The Balaban J connectivity index is 1.14. The molecule has 250 valence electrons. The summed E-state index contributed by atoms with van der Waals surface area (Å²) < 4.78 is 4.81. The van der Waals surface area contributed by atoms with Gasteiger partial charge in [0, 0.05) is 55.0 Å². The Labute approximate surface area is 307 Å². The van der Waals surface area contributed by atoms with Crippen LogP contribution in [0.2, 0.25) is 0 Å². The van der Waals surface area contributed by atoms with E-state index in [1.54, 1.807) is 0 Å². The molecule has 0 N–H and O–H groups in total. The highest BCUT2D eigenvalue weighted by Crippen LogP contribution is 2.51. The van der Waals surface area contributed by atoms with E-state index in [2.05, 4.69) is 187 Å². The van der Waals surface area contributed by atoms with Crippen molar-refractivity contribution in [3.05, 3.63) is 181 Å². The van der Waals surface area contributed by atoms with E-state index >= 15 is 0 Å². The fraction of sp³-hybridized carbons (Fsp3) is 0.0612. The van der Waals surface area contributed by atoms with Crippen molar-refractivity contribution in [2.75, 3.05) is 0 Å². The Morgan fingerprint density at radius 2 is 0.962 bits per heavy atom. The molecule has 0 bridgehead atoms. The lowest BCUT2D eigenvalue weighted by Gasteiger charge is -2.21. The highest BCUT2D eigenvalue weighted by molar-refractivity contribution is 6.28. The third kappa shape index (κ3) is 4.24. The zero-order valence-corrected chi connectivity index (χ0v) is 29.5. The Morgan fingerprint density at radius 1 is 0.434 bits per heavy atom. The van der Waals surface area contributed by atoms with Crippen molar-refractivity contribution < 1.29 is 0 Å². The summed E-state index contributed by atoms with van der Waals surface area (Å²) in [5.41, 5.74) is 14.6. The quantitative estimate of drug-likeness (QED) is 0.186.